The number of nitrogens with zero attached hydrogens (tertiary/aromatic N) is 4. The Morgan fingerprint density at radius 3 is 2.33 bits per heavy atom. The van der Waals surface area contributed by atoms with Gasteiger partial charge in [0.2, 0.25) is 0 Å². The second-order valence-electron chi connectivity index (χ2n) is 9.51. The van der Waals surface area contributed by atoms with Crippen LogP contribution in [0.3, 0.4) is 0 Å². The van der Waals surface area contributed by atoms with Crippen molar-refractivity contribution in [2.45, 2.75) is 35.3 Å². The molecule has 0 unspecified atom stereocenters. The molecule has 40 heavy (non-hydrogen) atoms. The van der Waals surface area contributed by atoms with Gasteiger partial charge in [0.15, 0.2) is 0 Å². The number of piperidine rings is 1. The maximum Gasteiger partial charge on any atom is 0.326 e. The lowest BCUT2D eigenvalue weighted by atomic mass is 10.0. The van der Waals surface area contributed by atoms with Crippen molar-refractivity contribution < 1.29 is 9.72 Å². The molecule has 0 atom stereocenters. The first-order chi connectivity index (χ1) is 19.4. The van der Waals surface area contributed by atoms with Gasteiger partial charge in [0.1, 0.15) is 5.03 Å². The Bertz CT molecular complexity index is 1430. The largest absolute Gasteiger partial charge is 0.326 e. The fourth-order valence-electron chi connectivity index (χ4n) is 4.71. The van der Waals surface area contributed by atoms with E-state index in [1.165, 1.54) is 23.9 Å². The third kappa shape index (κ3) is 7.18. The summed E-state index contributed by atoms with van der Waals surface area (Å²) in [4.78, 5) is 33.6. The average Bonchev–Trinajstić information content (AvgIpc) is 2.97. The van der Waals surface area contributed by atoms with Crippen LogP contribution in [0.15, 0.2) is 107 Å². The molecule has 10 heteroatoms. The maximum absolute atomic E-state index is 13.4. The van der Waals surface area contributed by atoms with Crippen molar-refractivity contribution in [3.8, 4) is 0 Å². The predicted molar refractivity (Wildman–Crippen MR) is 159 cm³/mol. The van der Waals surface area contributed by atoms with E-state index in [2.05, 4.69) is 21.3 Å². The Balaban J connectivity index is 1.18. The Morgan fingerprint density at radius 1 is 1.00 bits per heavy atom. The van der Waals surface area contributed by atoms with Gasteiger partial charge in [-0.1, -0.05) is 47.6 Å². The van der Waals surface area contributed by atoms with E-state index in [0.717, 1.165) is 53.6 Å². The summed E-state index contributed by atoms with van der Waals surface area (Å²) in [6.07, 6.45) is 3.59. The number of non-ortho nitro benzene ring substituents is 1. The van der Waals surface area contributed by atoms with Crippen molar-refractivity contribution >= 4 is 46.5 Å². The number of nitro benzene ring substituents is 1. The summed E-state index contributed by atoms with van der Waals surface area (Å²) in [5.74, 6) is 0. The van der Waals surface area contributed by atoms with Crippen LogP contribution in [-0.2, 0) is 6.54 Å². The van der Waals surface area contributed by atoms with E-state index in [-0.39, 0.29) is 17.8 Å². The molecule has 8 nitrogen and oxygen atoms in total. The molecule has 3 aromatic carbocycles. The number of carbonyl (C=O) groups excluding carboxylic acids is 1. The summed E-state index contributed by atoms with van der Waals surface area (Å²) in [5.41, 5.74) is 2.77. The first kappa shape index (κ1) is 27.6. The fourth-order valence-corrected chi connectivity index (χ4v) is 5.60. The first-order valence-electron chi connectivity index (χ1n) is 12.9. The molecule has 0 saturated carbocycles. The Morgan fingerprint density at radius 2 is 1.70 bits per heavy atom. The quantitative estimate of drug-likeness (QED) is 0.173. The number of nitro groups is 1. The SMILES string of the molecule is O=C(Nc1ccc(Cl)cc1)N(c1ccccc1)C1CCN(Cc2ccc(Sc3ccc([N+](=O)[O-])cc3)nc2)CC1. The zero-order valence-corrected chi connectivity index (χ0v) is 23.2. The Kier molecular flexibility index (Phi) is 8.95. The van der Waals surface area contributed by atoms with Crippen LogP contribution in [-0.4, -0.2) is 40.0 Å². The van der Waals surface area contributed by atoms with Gasteiger partial charge in [0.25, 0.3) is 5.69 Å². The molecule has 204 valence electrons. The molecule has 0 bridgehead atoms. The van der Waals surface area contributed by atoms with Crippen LogP contribution in [0, 0.1) is 10.1 Å². The highest BCUT2D eigenvalue weighted by atomic mass is 35.5. The van der Waals surface area contributed by atoms with E-state index in [4.69, 9.17) is 11.6 Å². The topological polar surface area (TPSA) is 91.6 Å². The van der Waals surface area contributed by atoms with Crippen molar-refractivity contribution in [1.82, 2.24) is 9.88 Å². The van der Waals surface area contributed by atoms with Crippen LogP contribution in [0.2, 0.25) is 5.02 Å². The van der Waals surface area contributed by atoms with Crippen LogP contribution in [0.4, 0.5) is 21.9 Å². The lowest BCUT2D eigenvalue weighted by Crippen LogP contribution is -2.49. The summed E-state index contributed by atoms with van der Waals surface area (Å²) in [6.45, 7) is 2.51. The molecule has 1 saturated heterocycles. The van der Waals surface area contributed by atoms with Gasteiger partial charge in [0.05, 0.1) is 4.92 Å². The third-order valence-electron chi connectivity index (χ3n) is 6.74. The smallest absolute Gasteiger partial charge is 0.308 e. The van der Waals surface area contributed by atoms with Crippen LogP contribution in [0.5, 0.6) is 0 Å². The summed E-state index contributed by atoms with van der Waals surface area (Å²) < 4.78 is 0. The zero-order valence-electron chi connectivity index (χ0n) is 21.7. The second kappa shape index (κ2) is 13.0. The number of benzene rings is 3. The van der Waals surface area contributed by atoms with Crippen molar-refractivity contribution in [2.75, 3.05) is 23.3 Å². The van der Waals surface area contributed by atoms with E-state index in [1.54, 1.807) is 36.4 Å². The van der Waals surface area contributed by atoms with Crippen LogP contribution < -0.4 is 10.2 Å². The monoisotopic (exact) mass is 573 g/mol. The van der Waals surface area contributed by atoms with E-state index < -0.39 is 4.92 Å². The fraction of sp³-hybridized carbons (Fsp3) is 0.200. The van der Waals surface area contributed by atoms with Gasteiger partial charge < -0.3 is 5.32 Å². The maximum atomic E-state index is 13.4. The Hall–Kier alpha value is -3.92. The number of hydrogen-bond donors (Lipinski definition) is 1. The summed E-state index contributed by atoms with van der Waals surface area (Å²) in [7, 11) is 0. The van der Waals surface area contributed by atoms with Crippen LogP contribution >= 0.6 is 23.4 Å². The normalized spacial score (nSPS) is 14.0. The van der Waals surface area contributed by atoms with E-state index in [9.17, 15) is 14.9 Å². The molecular formula is C30H28ClN5O3S. The molecule has 0 radical (unpaired) electrons. The van der Waals surface area contributed by atoms with Gasteiger partial charge in [-0.3, -0.25) is 19.9 Å². The number of carbonyl (C=O) groups is 1. The summed E-state index contributed by atoms with van der Waals surface area (Å²) in [6, 6.07) is 27.3. The van der Waals surface area contributed by atoms with E-state index in [1.807, 2.05) is 47.5 Å². The molecule has 2 heterocycles. The predicted octanol–water partition coefficient (Wildman–Crippen LogP) is 7.50. The molecule has 1 N–H and O–H groups in total. The highest BCUT2D eigenvalue weighted by molar-refractivity contribution is 7.99. The minimum atomic E-state index is -0.403. The van der Waals surface area contributed by atoms with Crippen molar-refractivity contribution in [2.24, 2.45) is 0 Å². The molecule has 1 aliphatic rings. The van der Waals surface area contributed by atoms with E-state index >= 15 is 0 Å². The average molecular weight is 574 g/mol. The van der Waals surface area contributed by atoms with Crippen molar-refractivity contribution in [1.29, 1.82) is 0 Å². The summed E-state index contributed by atoms with van der Waals surface area (Å²) >= 11 is 7.47. The van der Waals surface area contributed by atoms with Gasteiger partial charge in [0, 0.05) is 65.3 Å². The number of hydrogen-bond acceptors (Lipinski definition) is 6. The van der Waals surface area contributed by atoms with Crippen molar-refractivity contribution in [3.05, 3.63) is 118 Å². The van der Waals surface area contributed by atoms with Gasteiger partial charge in [-0.15, -0.1) is 0 Å². The number of urea groups is 1. The number of aromatic nitrogens is 1. The standard InChI is InChI=1S/C30H28ClN5O3S/c31-23-7-9-24(10-8-23)33-30(37)35(25-4-2-1-3-5-25)26-16-18-34(19-17-26)21-22-6-15-29(32-20-22)40-28-13-11-27(12-14-28)36(38)39/h1-15,20,26H,16-19,21H2,(H,33,37). The number of rotatable bonds is 8. The van der Waals surface area contributed by atoms with E-state index in [0.29, 0.717) is 10.7 Å². The second-order valence-corrected chi connectivity index (χ2v) is 11.0. The first-order valence-corrected chi connectivity index (χ1v) is 14.1. The minimum Gasteiger partial charge on any atom is -0.308 e. The molecule has 1 fully saturated rings. The molecule has 0 spiro atoms. The number of likely N-dealkylation sites (tertiary alicyclic amines) is 1. The van der Waals surface area contributed by atoms with Crippen LogP contribution in [0.1, 0.15) is 18.4 Å². The summed E-state index contributed by atoms with van der Waals surface area (Å²) in [5, 5.41) is 15.3. The van der Waals surface area contributed by atoms with Gasteiger partial charge in [-0.25, -0.2) is 9.78 Å². The highest BCUT2D eigenvalue weighted by Gasteiger charge is 2.29. The zero-order chi connectivity index (χ0) is 27.9. The molecule has 0 aliphatic carbocycles. The number of nitrogens with one attached hydrogen (secondary N) is 1. The number of pyridine rings is 1. The molecule has 1 aliphatic heterocycles. The highest BCUT2D eigenvalue weighted by Crippen LogP contribution is 2.29. The number of anilines is 2. The van der Waals surface area contributed by atoms with Gasteiger partial charge in [-0.05, 0) is 73.0 Å². The minimum absolute atomic E-state index is 0.0737. The molecule has 4 aromatic rings. The number of amides is 2. The lowest BCUT2D eigenvalue weighted by molar-refractivity contribution is -0.384. The van der Waals surface area contributed by atoms with Gasteiger partial charge >= 0.3 is 6.03 Å². The number of halogens is 1. The van der Waals surface area contributed by atoms with Crippen molar-refractivity contribution in [3.63, 3.8) is 0 Å². The molecule has 2 amide bonds. The Labute approximate surface area is 242 Å². The molecule has 5 rings (SSSR count). The molecule has 1 aromatic heterocycles. The van der Waals surface area contributed by atoms with Crippen LogP contribution in [0.25, 0.3) is 0 Å². The lowest BCUT2D eigenvalue weighted by Gasteiger charge is -2.38. The third-order valence-corrected chi connectivity index (χ3v) is 7.96. The van der Waals surface area contributed by atoms with Gasteiger partial charge in [-0.2, -0.15) is 0 Å². The molecular weight excluding hydrogens is 546 g/mol. The number of para-hydroxylation sites is 1.